The standard InChI is InChI=1S/C25H28N6O7S3.C19H18N6O5S3/c1-12-15(41-10-27-12)7-6-13-8-39-21-17(29-19(32)16(30-36-5)14-9-40-24(26)28-14)20(33)31(21)18(13)22(34)37-11-38-23(35)25(2,3)4;1-8-11(33-7-21-8)4-3-9-5-31-17-13(16(27)25(17)14(9)18(28)29)23-15(26)12(24-30-2)10-6-32-19(20)22-10/h6-7,9-10,17,21H,8,11H2,1-5H3,(H2,26,28)(H,29,32);3-4,6-7,13,17H,5H2,1-2H3,(H2,20,22)(H,23,26)(H,28,29)/b7-6-,30-16-;4-3-,24-12-/t17-,21-;13-,17-/m11/s1. The van der Waals surface area contributed by atoms with Crippen molar-refractivity contribution in [2.45, 2.75) is 57.5 Å². The largest absolute Gasteiger partial charge is 0.477 e. The molecule has 4 atom stereocenters. The first-order valence-corrected chi connectivity index (χ1v) is 27.2. The van der Waals surface area contributed by atoms with Gasteiger partial charge in [-0.2, -0.15) is 0 Å². The van der Waals surface area contributed by atoms with Crippen molar-refractivity contribution in [1.29, 1.82) is 0 Å². The van der Waals surface area contributed by atoms with E-state index in [0.717, 1.165) is 43.8 Å². The van der Waals surface area contributed by atoms with Crippen LogP contribution in [0, 0.1) is 19.3 Å². The second-order valence-corrected chi connectivity index (χ2v) is 22.4. The molecule has 30 heteroatoms. The number of thiazole rings is 4. The zero-order chi connectivity index (χ0) is 53.6. The van der Waals surface area contributed by atoms with Crippen LogP contribution in [0.1, 0.15) is 53.3 Å². The van der Waals surface area contributed by atoms with Gasteiger partial charge >= 0.3 is 17.9 Å². The highest BCUT2D eigenvalue weighted by Crippen LogP contribution is 2.43. The number of nitrogens with zero attached hydrogens (tertiary/aromatic N) is 8. The third-order valence-electron chi connectivity index (χ3n) is 10.7. The number of carboxylic acid groups (broad SMARTS) is 1. The molecule has 8 rings (SSSR count). The summed E-state index contributed by atoms with van der Waals surface area (Å²) >= 11 is 7.86. The number of rotatable bonds is 16. The monoisotopic (exact) mass is 1130 g/mol. The number of fused-ring (bicyclic) bond motifs is 2. The van der Waals surface area contributed by atoms with Crippen LogP contribution in [0.25, 0.3) is 12.2 Å². The molecule has 0 saturated carbocycles. The number of ether oxygens (including phenoxy) is 2. The Morgan fingerprint density at radius 2 is 1.18 bits per heavy atom. The van der Waals surface area contributed by atoms with E-state index in [9.17, 15) is 38.7 Å². The van der Waals surface area contributed by atoms with Gasteiger partial charge in [0.15, 0.2) is 21.7 Å². The van der Waals surface area contributed by atoms with Crippen molar-refractivity contribution in [2.24, 2.45) is 15.7 Å². The molecule has 4 aromatic heterocycles. The first-order chi connectivity index (χ1) is 35.2. The van der Waals surface area contributed by atoms with Gasteiger partial charge in [0.05, 0.1) is 27.8 Å². The summed E-state index contributed by atoms with van der Waals surface area (Å²) in [6.07, 6.45) is 7.04. The third kappa shape index (κ3) is 12.0. The van der Waals surface area contributed by atoms with Crippen molar-refractivity contribution in [3.63, 3.8) is 0 Å². The molecule has 0 unspecified atom stereocenters. The van der Waals surface area contributed by atoms with Crippen molar-refractivity contribution in [1.82, 2.24) is 40.4 Å². The fourth-order valence-corrected chi connectivity index (χ4v) is 12.2. The predicted octanol–water partition coefficient (Wildman–Crippen LogP) is 3.59. The molecule has 4 amide bonds. The number of esters is 2. The molecule has 74 heavy (non-hydrogen) atoms. The fourth-order valence-electron chi connectivity index (χ4n) is 7.05. The van der Waals surface area contributed by atoms with Crippen LogP contribution in [0.3, 0.4) is 0 Å². The number of hydrogen-bond donors (Lipinski definition) is 5. The number of thioether (sulfide) groups is 2. The Morgan fingerprint density at radius 3 is 1.55 bits per heavy atom. The van der Waals surface area contributed by atoms with Gasteiger partial charge < -0.3 is 46.4 Å². The van der Waals surface area contributed by atoms with Crippen LogP contribution in [0.5, 0.6) is 0 Å². The van der Waals surface area contributed by atoms with Gasteiger partial charge in [-0.25, -0.2) is 29.5 Å². The molecule has 0 radical (unpaired) electrons. The second-order valence-electron chi connectivity index (χ2n) is 16.7. The van der Waals surface area contributed by atoms with Gasteiger partial charge in [-0.1, -0.05) is 22.5 Å². The Bertz CT molecular complexity index is 3070. The molecule has 2 saturated heterocycles. The lowest BCUT2D eigenvalue weighted by Crippen LogP contribution is -2.71. The normalized spacial score (nSPS) is 19.8. The van der Waals surface area contributed by atoms with Crippen molar-refractivity contribution in [3.05, 3.63) is 89.0 Å². The van der Waals surface area contributed by atoms with Gasteiger partial charge in [0.25, 0.3) is 23.6 Å². The predicted molar refractivity (Wildman–Crippen MR) is 280 cm³/mol. The molecule has 0 aliphatic carbocycles. The highest BCUT2D eigenvalue weighted by molar-refractivity contribution is 8.00. The molecule has 0 bridgehead atoms. The number of amides is 4. The molecule has 4 aliphatic heterocycles. The maximum atomic E-state index is 13.3. The van der Waals surface area contributed by atoms with E-state index in [1.807, 2.05) is 19.9 Å². The third-order valence-corrected chi connectivity index (χ3v) is 16.5. The van der Waals surface area contributed by atoms with Crippen molar-refractivity contribution in [2.75, 3.05) is 44.0 Å². The van der Waals surface area contributed by atoms with E-state index in [1.54, 1.807) is 60.8 Å². The van der Waals surface area contributed by atoms with Gasteiger partial charge in [-0.3, -0.25) is 33.8 Å². The molecule has 390 valence electrons. The van der Waals surface area contributed by atoms with Crippen LogP contribution in [0.15, 0.2) is 66.8 Å². The van der Waals surface area contributed by atoms with E-state index in [4.69, 9.17) is 30.6 Å². The summed E-state index contributed by atoms with van der Waals surface area (Å²) in [5.74, 6) is -4.31. The lowest BCUT2D eigenvalue weighted by atomic mass is 9.98. The Balaban J connectivity index is 0.000000221. The minimum absolute atomic E-state index is 0.00697. The molecule has 2 fully saturated rings. The smallest absolute Gasteiger partial charge is 0.358 e. The first-order valence-electron chi connectivity index (χ1n) is 21.6. The van der Waals surface area contributed by atoms with E-state index < -0.39 is 76.6 Å². The number of anilines is 2. The Hall–Kier alpha value is -6.99. The van der Waals surface area contributed by atoms with Gasteiger partial charge in [-0.15, -0.1) is 68.9 Å². The highest BCUT2D eigenvalue weighted by atomic mass is 32.2. The minimum atomic E-state index is -1.21. The SMILES string of the molecule is CO/N=C(\C(=O)N[C@@H]1C(=O)N2C(C(=O)O)=C(/C=C\c3scnc3C)CS[C@H]12)c1csc(N)n1.CO/N=C(\C(=O)N[C@@H]1C(=O)N2C(C(=O)OCOC(=O)C(C)(C)C)=C(/C=C\c3scnc3C)CS[C@H]12)c1csc(N)n1. The molecule has 0 spiro atoms. The van der Waals surface area contributed by atoms with Crippen molar-refractivity contribution >= 4 is 144 Å². The lowest BCUT2D eigenvalue weighted by Gasteiger charge is -2.49. The number of hydrogen-bond acceptors (Lipinski definition) is 25. The summed E-state index contributed by atoms with van der Waals surface area (Å²) in [5.41, 5.74) is 16.7. The Kier molecular flexibility index (Phi) is 17.4. The average molecular weight is 1130 g/mol. The molecular weight excluding hydrogens is 1080 g/mol. The number of oxime groups is 2. The van der Waals surface area contributed by atoms with Crippen LogP contribution in [0.2, 0.25) is 0 Å². The molecule has 4 aromatic rings. The van der Waals surface area contributed by atoms with Gasteiger partial charge in [-0.05, 0) is 57.9 Å². The number of aliphatic carboxylic acids is 1. The lowest BCUT2D eigenvalue weighted by molar-refractivity contribution is -0.173. The maximum absolute atomic E-state index is 13.3. The maximum Gasteiger partial charge on any atom is 0.358 e. The van der Waals surface area contributed by atoms with Crippen LogP contribution >= 0.6 is 68.9 Å². The average Bonchev–Trinajstić information content (AvgIpc) is 4.20. The number of aryl methyl sites for hydroxylation is 2. The molecule has 4 aliphatic rings. The summed E-state index contributed by atoms with van der Waals surface area (Å²) in [4.78, 5) is 120. The number of carbonyl (C=O) groups is 7. The fraction of sp³-hybridized carbons (Fsp3) is 0.341. The summed E-state index contributed by atoms with van der Waals surface area (Å²) < 4.78 is 10.3. The van der Waals surface area contributed by atoms with Crippen LogP contribution in [-0.4, -0.2) is 143 Å². The molecule has 7 N–H and O–H groups in total. The minimum Gasteiger partial charge on any atom is -0.477 e. The van der Waals surface area contributed by atoms with Crippen LogP contribution in [0.4, 0.5) is 10.3 Å². The number of nitrogen functional groups attached to an aromatic ring is 2. The first kappa shape index (κ1) is 54.8. The number of carboxylic acids is 1. The Morgan fingerprint density at radius 1 is 0.730 bits per heavy atom. The number of nitrogens with two attached hydrogens (primary N) is 2. The highest BCUT2D eigenvalue weighted by Gasteiger charge is 2.56. The number of carbonyl (C=O) groups excluding carboxylic acids is 6. The molecular formula is C44H46N12O12S6. The van der Waals surface area contributed by atoms with E-state index in [1.165, 1.54) is 70.2 Å². The van der Waals surface area contributed by atoms with Crippen molar-refractivity contribution < 1.29 is 57.8 Å². The summed E-state index contributed by atoms with van der Waals surface area (Å²) in [6, 6.07) is -1.87. The molecule has 8 heterocycles. The van der Waals surface area contributed by atoms with Crippen LogP contribution in [-0.2, 0) is 52.7 Å². The zero-order valence-electron chi connectivity index (χ0n) is 40.2. The van der Waals surface area contributed by atoms with E-state index in [0.29, 0.717) is 22.7 Å². The number of nitrogens with one attached hydrogen (secondary N) is 2. The van der Waals surface area contributed by atoms with Crippen molar-refractivity contribution in [3.8, 4) is 0 Å². The summed E-state index contributed by atoms with van der Waals surface area (Å²) in [6.45, 7) is 8.13. The van der Waals surface area contributed by atoms with Crippen LogP contribution < -0.4 is 22.1 Å². The summed E-state index contributed by atoms with van der Waals surface area (Å²) in [7, 11) is 2.56. The summed E-state index contributed by atoms with van der Waals surface area (Å²) in [5, 5.41) is 24.9. The number of β-lactam (4-membered cyclic amide) rings is 2. The topological polar surface area (TPSA) is 335 Å². The van der Waals surface area contributed by atoms with Gasteiger partial charge in [0.1, 0.15) is 59.8 Å². The Labute approximate surface area is 446 Å². The van der Waals surface area contributed by atoms with Gasteiger partial charge in [0, 0.05) is 32.0 Å². The van der Waals surface area contributed by atoms with E-state index in [2.05, 4.69) is 40.9 Å². The second kappa shape index (κ2) is 23.5. The van der Waals surface area contributed by atoms with Gasteiger partial charge in [0.2, 0.25) is 6.79 Å². The quantitative estimate of drug-likeness (QED) is 0.0352. The number of allylic oxidation sites excluding steroid dienone is 2. The van der Waals surface area contributed by atoms with E-state index in [-0.39, 0.29) is 44.5 Å². The molecule has 0 aromatic carbocycles. The number of aromatic nitrogens is 4. The molecule has 24 nitrogen and oxygen atoms in total. The van der Waals surface area contributed by atoms with E-state index >= 15 is 0 Å². The zero-order valence-corrected chi connectivity index (χ0v) is 45.1.